The van der Waals surface area contributed by atoms with Crippen LogP contribution >= 0.6 is 11.3 Å². The van der Waals surface area contributed by atoms with Crippen LogP contribution in [-0.2, 0) is 14.8 Å². The summed E-state index contributed by atoms with van der Waals surface area (Å²) in [5.41, 5.74) is 1.86. The van der Waals surface area contributed by atoms with Crippen LogP contribution in [0.25, 0.3) is 21.3 Å². The van der Waals surface area contributed by atoms with Crippen LogP contribution in [0.4, 0.5) is 9.93 Å². The number of nitrogens with one attached hydrogen (secondary N) is 2. The van der Waals surface area contributed by atoms with Crippen LogP contribution in [0.2, 0.25) is 0 Å². The molecular weight excluding hydrogens is 476 g/mol. The van der Waals surface area contributed by atoms with Gasteiger partial charge in [0, 0.05) is 27.1 Å². The highest BCUT2D eigenvalue weighted by Gasteiger charge is 2.18. The highest BCUT2D eigenvalue weighted by Crippen LogP contribution is 2.31. The number of ether oxygens (including phenoxy) is 1. The minimum absolute atomic E-state index is 0.219. The van der Waals surface area contributed by atoms with Gasteiger partial charge in [0.25, 0.3) is 0 Å². The molecule has 3 rings (SSSR count). The first-order chi connectivity index (χ1) is 15.8. The zero-order valence-corrected chi connectivity index (χ0v) is 21.5. The number of anilines is 1. The number of aliphatic hydroxyl groups is 1. The van der Waals surface area contributed by atoms with E-state index in [-0.39, 0.29) is 17.9 Å². The third-order valence-electron chi connectivity index (χ3n) is 4.72. The van der Waals surface area contributed by atoms with Crippen LogP contribution in [0.15, 0.2) is 47.4 Å². The third kappa shape index (κ3) is 6.73. The number of urea groups is 1. The van der Waals surface area contributed by atoms with Crippen LogP contribution in [0.5, 0.6) is 0 Å². The van der Waals surface area contributed by atoms with Gasteiger partial charge in [-0.1, -0.05) is 29.5 Å². The molecule has 1 atom stereocenters. The molecule has 184 valence electrons. The van der Waals surface area contributed by atoms with Gasteiger partial charge in [-0.15, -0.1) is 0 Å². The smallest absolute Gasteiger partial charge is 0.321 e. The fourth-order valence-corrected chi connectivity index (χ4v) is 4.97. The van der Waals surface area contributed by atoms with Gasteiger partial charge in [0.05, 0.1) is 20.7 Å². The molecule has 34 heavy (non-hydrogen) atoms. The molecule has 2 amide bonds. The first-order valence-corrected chi connectivity index (χ1v) is 12.9. The summed E-state index contributed by atoms with van der Waals surface area (Å²) in [6.07, 6.45) is -0.705. The number of fused-ring (bicyclic) bond motifs is 1. The number of hydrogen-bond acceptors (Lipinski definition) is 7. The number of thiazole rings is 1. The number of hydrogen-bond donors (Lipinski definition) is 3. The Balaban J connectivity index is 1.67. The number of aromatic nitrogens is 1. The number of sulfonamides is 1. The van der Waals surface area contributed by atoms with Crippen molar-refractivity contribution in [2.75, 3.05) is 26.0 Å². The van der Waals surface area contributed by atoms with Gasteiger partial charge in [-0.25, -0.2) is 22.5 Å². The maximum absolute atomic E-state index is 12.5. The van der Waals surface area contributed by atoms with Crippen molar-refractivity contribution in [3.63, 3.8) is 0 Å². The van der Waals surface area contributed by atoms with Crippen LogP contribution in [0, 0.1) is 0 Å². The van der Waals surface area contributed by atoms with E-state index in [1.54, 1.807) is 18.2 Å². The van der Waals surface area contributed by atoms with Gasteiger partial charge < -0.3 is 15.2 Å². The molecule has 0 fully saturated rings. The van der Waals surface area contributed by atoms with Gasteiger partial charge in [0.2, 0.25) is 10.0 Å². The van der Waals surface area contributed by atoms with Gasteiger partial charge in [-0.3, -0.25) is 5.32 Å². The largest absolute Gasteiger partial charge is 0.368 e. The maximum atomic E-state index is 12.5. The third-order valence-corrected chi connectivity index (χ3v) is 7.47. The summed E-state index contributed by atoms with van der Waals surface area (Å²) in [6, 6.07) is 12.0. The average Bonchev–Trinajstić information content (AvgIpc) is 3.13. The zero-order chi connectivity index (χ0) is 25.1. The van der Waals surface area contributed by atoms with Gasteiger partial charge in [-0.2, -0.15) is 0 Å². The SMILES string of the molecule is CN(C)S(=O)(=O)c1cccc(-c2ccc3nc(NC(=O)NCCC(O)OC(C)(C)C)sc3c2)c1. The van der Waals surface area contributed by atoms with E-state index in [1.807, 2.05) is 45.0 Å². The van der Waals surface area contributed by atoms with Crippen molar-refractivity contribution in [1.29, 1.82) is 0 Å². The number of amides is 2. The highest BCUT2D eigenvalue weighted by atomic mass is 32.2. The monoisotopic (exact) mass is 506 g/mol. The number of aliphatic hydroxyl groups excluding tert-OH is 1. The molecule has 0 aliphatic heterocycles. The molecule has 1 aromatic heterocycles. The summed E-state index contributed by atoms with van der Waals surface area (Å²) < 4.78 is 32.3. The molecule has 11 heteroatoms. The molecule has 2 aromatic carbocycles. The van der Waals surface area contributed by atoms with E-state index in [9.17, 15) is 18.3 Å². The Morgan fingerprint density at radius 1 is 1.18 bits per heavy atom. The van der Waals surface area contributed by atoms with Gasteiger partial charge >= 0.3 is 6.03 Å². The predicted octanol–water partition coefficient (Wildman–Crippen LogP) is 3.86. The van der Waals surface area contributed by atoms with Crippen LogP contribution < -0.4 is 10.6 Å². The van der Waals surface area contributed by atoms with Gasteiger partial charge in [0.1, 0.15) is 0 Å². The van der Waals surface area contributed by atoms with Crippen molar-refractivity contribution >= 4 is 42.7 Å². The Hall–Kier alpha value is -2.57. The molecule has 3 N–H and O–H groups in total. The zero-order valence-electron chi connectivity index (χ0n) is 19.8. The normalized spacial score (nSPS) is 13.3. The van der Waals surface area contributed by atoms with Crippen LogP contribution in [0.1, 0.15) is 27.2 Å². The lowest BCUT2D eigenvalue weighted by molar-refractivity contribution is -0.167. The number of benzene rings is 2. The van der Waals surface area contributed by atoms with Crippen LogP contribution in [0.3, 0.4) is 0 Å². The number of carbonyl (C=O) groups is 1. The fraction of sp³-hybridized carbons (Fsp3) is 0.391. The van der Waals surface area contributed by atoms with Crippen molar-refractivity contribution in [2.24, 2.45) is 0 Å². The molecule has 0 saturated carbocycles. The summed E-state index contributed by atoms with van der Waals surface area (Å²) in [7, 11) is -0.540. The summed E-state index contributed by atoms with van der Waals surface area (Å²) in [6.45, 7) is 5.77. The van der Waals surface area contributed by atoms with Gasteiger partial charge in [-0.05, 0) is 56.2 Å². The molecule has 0 spiro atoms. The maximum Gasteiger partial charge on any atom is 0.321 e. The topological polar surface area (TPSA) is 121 Å². The minimum atomic E-state index is -3.54. The van der Waals surface area contributed by atoms with Crippen molar-refractivity contribution in [1.82, 2.24) is 14.6 Å². The second kappa shape index (κ2) is 10.4. The second-order valence-corrected chi connectivity index (χ2v) is 12.1. The molecule has 0 radical (unpaired) electrons. The molecule has 0 saturated heterocycles. The standard InChI is InChI=1S/C23H30N4O5S2/c1-23(2,3)32-20(28)11-12-24-21(29)26-22-25-18-10-9-16(14-19(18)33-22)15-7-6-8-17(13-15)34(30,31)27(4)5/h6-10,13-14,20,28H,11-12H2,1-5H3,(H2,24,25,26,29). The molecule has 0 aliphatic carbocycles. The summed E-state index contributed by atoms with van der Waals surface area (Å²) in [5.74, 6) is 0. The molecular formula is C23H30N4O5S2. The lowest BCUT2D eigenvalue weighted by atomic mass is 10.1. The Morgan fingerprint density at radius 3 is 2.56 bits per heavy atom. The molecule has 0 aliphatic rings. The molecule has 3 aromatic rings. The fourth-order valence-electron chi connectivity index (χ4n) is 3.12. The molecule has 9 nitrogen and oxygen atoms in total. The minimum Gasteiger partial charge on any atom is -0.368 e. The Kier molecular flexibility index (Phi) is 7.94. The highest BCUT2D eigenvalue weighted by molar-refractivity contribution is 7.89. The van der Waals surface area contributed by atoms with E-state index in [2.05, 4.69) is 15.6 Å². The Labute approximate surface area is 203 Å². The molecule has 1 heterocycles. The summed E-state index contributed by atoms with van der Waals surface area (Å²) >= 11 is 1.31. The first kappa shape index (κ1) is 26.0. The number of nitrogens with zero attached hydrogens (tertiary/aromatic N) is 2. The van der Waals surface area contributed by atoms with Crippen LogP contribution in [-0.4, -0.2) is 61.4 Å². The predicted molar refractivity (Wildman–Crippen MR) is 134 cm³/mol. The van der Waals surface area contributed by atoms with E-state index in [1.165, 1.54) is 29.7 Å². The first-order valence-electron chi connectivity index (χ1n) is 10.7. The van der Waals surface area contributed by atoms with E-state index in [4.69, 9.17) is 4.74 Å². The lowest BCUT2D eigenvalue weighted by Gasteiger charge is -2.23. The van der Waals surface area contributed by atoms with E-state index in [0.29, 0.717) is 5.13 Å². The van der Waals surface area contributed by atoms with Crippen molar-refractivity contribution in [3.8, 4) is 11.1 Å². The molecule has 0 bridgehead atoms. The molecule has 1 unspecified atom stereocenters. The Morgan fingerprint density at radius 2 is 1.88 bits per heavy atom. The van der Waals surface area contributed by atoms with Crippen molar-refractivity contribution < 1.29 is 23.1 Å². The van der Waals surface area contributed by atoms with Crippen molar-refractivity contribution in [2.45, 2.75) is 44.0 Å². The van der Waals surface area contributed by atoms with E-state index in [0.717, 1.165) is 21.3 Å². The number of rotatable bonds is 8. The van der Waals surface area contributed by atoms with E-state index < -0.39 is 27.9 Å². The quantitative estimate of drug-likeness (QED) is 0.399. The van der Waals surface area contributed by atoms with Crippen molar-refractivity contribution in [3.05, 3.63) is 42.5 Å². The second-order valence-electron chi connectivity index (χ2n) is 8.87. The summed E-state index contributed by atoms with van der Waals surface area (Å²) in [5, 5.41) is 15.7. The van der Waals surface area contributed by atoms with Gasteiger partial charge in [0.15, 0.2) is 11.4 Å². The Bertz CT molecular complexity index is 1270. The lowest BCUT2D eigenvalue weighted by Crippen LogP contribution is -2.34. The average molecular weight is 507 g/mol. The summed E-state index contributed by atoms with van der Waals surface area (Å²) in [4.78, 5) is 16.8. The van der Waals surface area contributed by atoms with E-state index >= 15 is 0 Å². The number of carbonyl (C=O) groups excluding carboxylic acids is 1.